The summed E-state index contributed by atoms with van der Waals surface area (Å²) < 4.78 is 119. The van der Waals surface area contributed by atoms with Crippen LogP contribution in [0.2, 0.25) is 0 Å². The summed E-state index contributed by atoms with van der Waals surface area (Å²) in [5, 5.41) is 55.5. The number of nitrogens with one attached hydrogen (secondary N) is 2. The number of rotatable bonds is 40. The molecular weight excluding hydrogens is 1630 g/mol. The molecule has 0 saturated carbocycles. The Balaban J connectivity index is 0.595. The number of fused-ring (bicyclic) bond motifs is 4. The van der Waals surface area contributed by atoms with Crippen LogP contribution in [0.3, 0.4) is 0 Å². The summed E-state index contributed by atoms with van der Waals surface area (Å²) in [5.41, 5.74) is 8.45. The number of carbonyl (C=O) groups is 5. The first-order valence-electron chi connectivity index (χ1n) is 39.6. The quantitative estimate of drug-likeness (QED) is 0.00989. The Kier molecular flexibility index (Phi) is 28.6. The molecule has 6 N–H and O–H groups in total. The van der Waals surface area contributed by atoms with Crippen LogP contribution in [-0.4, -0.2) is 251 Å². The fourth-order valence-electron chi connectivity index (χ4n) is 14.6. The molecule has 7 atom stereocenters. The normalized spacial score (nSPS) is 18.7. The zero-order valence-corrected chi connectivity index (χ0v) is 70.0. The van der Waals surface area contributed by atoms with Gasteiger partial charge in [0, 0.05) is 85.0 Å². The number of Topliss-reactive ketones (excluding diaryl/α,β-unsaturated/α-hetero) is 1. The minimum Gasteiger partial charge on any atom is -0.493 e. The van der Waals surface area contributed by atoms with Crippen LogP contribution >= 0.6 is 0 Å². The molecule has 8 aromatic rings. The number of ether oxygens (including phenoxy) is 9. The number of aliphatic hydroxyl groups excluding tert-OH is 4. The molecule has 5 aliphatic rings. The number of ketones is 1. The lowest BCUT2D eigenvalue weighted by atomic mass is 9.99. The maximum atomic E-state index is 14.0. The van der Waals surface area contributed by atoms with Gasteiger partial charge in [-0.2, -0.15) is 0 Å². The Labute approximate surface area is 710 Å². The first kappa shape index (κ1) is 89.0. The van der Waals surface area contributed by atoms with Crippen LogP contribution in [0.1, 0.15) is 105 Å². The van der Waals surface area contributed by atoms with Gasteiger partial charge in [0.05, 0.1) is 133 Å². The van der Waals surface area contributed by atoms with E-state index in [-0.39, 0.29) is 136 Å². The van der Waals surface area contributed by atoms with Gasteiger partial charge >= 0.3 is 10.4 Å². The summed E-state index contributed by atoms with van der Waals surface area (Å²) in [6.07, 6.45) is -2.56. The van der Waals surface area contributed by atoms with E-state index in [9.17, 15) is 61.2 Å². The van der Waals surface area contributed by atoms with Crippen molar-refractivity contribution in [3.05, 3.63) is 225 Å². The fourth-order valence-corrected chi connectivity index (χ4v) is 16.6. The Bertz CT molecular complexity index is 5420. The van der Waals surface area contributed by atoms with E-state index in [2.05, 4.69) is 34.1 Å². The molecule has 6 heterocycles. The van der Waals surface area contributed by atoms with Crippen LogP contribution < -0.4 is 42.7 Å². The molecule has 13 rings (SSSR count). The van der Waals surface area contributed by atoms with E-state index in [1.54, 1.807) is 89.1 Å². The fraction of sp³-hybridized carbons (Fsp3) is 0.368. The van der Waals surface area contributed by atoms with Crippen molar-refractivity contribution in [1.82, 2.24) is 35.4 Å². The standard InChI is InChI=1S/C87H96N10O24S2/c1-53-11-18-67(19-12-53)122(107,108)30-21-72(99)60-9-8-10-61(36-60)83(103)88-23-26-114-28-29-115-52-63-46-94(93-92-63)24-27-113-25-22-89-84(104)62-15-20-73(118-87-82(102)81(101)80(100)79(49-98)119-87)78(37-62)121-123(109,110)120-66-16-13-56(14-17-66)47-97(4,5)48-57-33-58(50-116-76-40-70-68(38-74(76)111-6)85(105)95-44-54(2)31-64(95)42-90-70)35-59(34-57)51-117-77-41-71-69(39-75(77)112-7)86(106)96-45-55(3)32-65(96)43-91-71/h8-20,33-43,46,64-65,79-82,87,98,100-102H,2-3,21-32,44-45,47-52H2,1,4-7H3,(H-,88,89,103,104)/p+1/t64-,65-,79+,80-,81-,82+,87?/m0/s1. The predicted molar refractivity (Wildman–Crippen MR) is 446 cm³/mol. The summed E-state index contributed by atoms with van der Waals surface area (Å²) in [5.74, 6) is -2.09. The predicted octanol–water partition coefficient (Wildman–Crippen LogP) is 6.85. The van der Waals surface area contributed by atoms with E-state index in [0.29, 0.717) is 94.7 Å². The molecule has 0 aliphatic carbocycles. The lowest BCUT2D eigenvalue weighted by Crippen LogP contribution is -2.60. The van der Waals surface area contributed by atoms with Crippen molar-refractivity contribution in [3.63, 3.8) is 0 Å². The van der Waals surface area contributed by atoms with Gasteiger partial charge in [-0.3, -0.25) is 34.0 Å². The van der Waals surface area contributed by atoms with Crippen LogP contribution in [0.15, 0.2) is 179 Å². The van der Waals surface area contributed by atoms with Crippen molar-refractivity contribution in [2.75, 3.05) is 99.9 Å². The number of aliphatic hydroxyl groups is 4. The largest absolute Gasteiger partial charge is 0.501 e. The lowest BCUT2D eigenvalue weighted by Gasteiger charge is -2.39. The van der Waals surface area contributed by atoms with Gasteiger partial charge in [0.2, 0.25) is 6.29 Å². The van der Waals surface area contributed by atoms with Crippen LogP contribution in [-0.2, 0) is 78.6 Å². The molecule has 5 aliphatic heterocycles. The molecule has 1 unspecified atom stereocenters. The molecule has 123 heavy (non-hydrogen) atoms. The molecule has 650 valence electrons. The second-order valence-corrected chi connectivity index (χ2v) is 34.1. The first-order chi connectivity index (χ1) is 59.0. The van der Waals surface area contributed by atoms with Crippen LogP contribution in [0.4, 0.5) is 11.4 Å². The molecule has 3 fully saturated rings. The molecular formula is C87H97N10O24S2+. The van der Waals surface area contributed by atoms with Gasteiger partial charge in [-0.1, -0.05) is 59.3 Å². The third-order valence-electron chi connectivity index (χ3n) is 20.8. The summed E-state index contributed by atoms with van der Waals surface area (Å²) >= 11 is 0. The number of carbonyl (C=O) groups excluding carboxylic acids is 5. The second kappa shape index (κ2) is 39.6. The lowest BCUT2D eigenvalue weighted by molar-refractivity contribution is -0.916. The van der Waals surface area contributed by atoms with E-state index in [0.717, 1.165) is 51.1 Å². The highest BCUT2D eigenvalue weighted by Gasteiger charge is 2.46. The number of sulfone groups is 1. The van der Waals surface area contributed by atoms with E-state index in [1.807, 2.05) is 39.2 Å². The van der Waals surface area contributed by atoms with Crippen molar-refractivity contribution >= 4 is 73.5 Å². The average Bonchev–Trinajstić information content (AvgIpc) is 1.62. The van der Waals surface area contributed by atoms with E-state index in [4.69, 9.17) is 61.0 Å². The minimum atomic E-state index is -5.10. The average molecular weight is 1730 g/mol. The number of aliphatic imine (C=N–C) groups is 2. The van der Waals surface area contributed by atoms with Crippen molar-refractivity contribution < 1.29 is 117 Å². The van der Waals surface area contributed by atoms with E-state index < -0.39 is 86.6 Å². The number of nitrogens with zero attached hydrogens (tertiary/aromatic N) is 8. The third kappa shape index (κ3) is 22.7. The number of hydrogen-bond donors (Lipinski definition) is 6. The van der Waals surface area contributed by atoms with Gasteiger partial charge in [0.15, 0.2) is 50.1 Å². The molecule has 34 nitrogen and oxygen atoms in total. The molecule has 7 aromatic carbocycles. The van der Waals surface area contributed by atoms with Gasteiger partial charge in [0.1, 0.15) is 62.2 Å². The third-order valence-corrected chi connectivity index (χ3v) is 23.3. The van der Waals surface area contributed by atoms with E-state index >= 15 is 0 Å². The Morgan fingerprint density at radius 2 is 1.16 bits per heavy atom. The van der Waals surface area contributed by atoms with Crippen LogP contribution in [0.5, 0.6) is 40.2 Å². The summed E-state index contributed by atoms with van der Waals surface area (Å²) in [4.78, 5) is 80.2. The summed E-state index contributed by atoms with van der Waals surface area (Å²) in [6, 6.07) is 34.4. The number of amides is 4. The topological polar surface area (TPSA) is 422 Å². The molecule has 0 bridgehead atoms. The Morgan fingerprint density at radius 1 is 0.593 bits per heavy atom. The van der Waals surface area contributed by atoms with Gasteiger partial charge in [-0.25, -0.2) is 13.1 Å². The van der Waals surface area contributed by atoms with Crippen LogP contribution in [0, 0.1) is 6.92 Å². The van der Waals surface area contributed by atoms with Crippen molar-refractivity contribution in [1.29, 1.82) is 0 Å². The van der Waals surface area contributed by atoms with Gasteiger partial charge in [-0.05, 0) is 128 Å². The zero-order chi connectivity index (χ0) is 87.3. The van der Waals surface area contributed by atoms with Crippen molar-refractivity contribution in [2.24, 2.45) is 9.98 Å². The van der Waals surface area contributed by atoms with Crippen LogP contribution in [0.25, 0.3) is 0 Å². The first-order valence-corrected chi connectivity index (χ1v) is 42.6. The highest BCUT2D eigenvalue weighted by atomic mass is 32.3. The zero-order valence-electron chi connectivity index (χ0n) is 68.4. The summed E-state index contributed by atoms with van der Waals surface area (Å²) in [7, 11) is -1.74. The monoisotopic (exact) mass is 1730 g/mol. The number of aromatic nitrogens is 3. The number of aryl methyl sites for hydroxylation is 1. The van der Waals surface area contributed by atoms with Gasteiger partial charge in [-0.15, -0.1) is 13.5 Å². The number of quaternary nitrogens is 1. The molecule has 4 amide bonds. The highest BCUT2D eigenvalue weighted by molar-refractivity contribution is 7.91. The molecule has 0 radical (unpaired) electrons. The molecule has 3 saturated heterocycles. The maximum Gasteiger partial charge on any atom is 0.501 e. The molecule has 36 heteroatoms. The summed E-state index contributed by atoms with van der Waals surface area (Å²) in [6.45, 7) is 12.4. The highest BCUT2D eigenvalue weighted by Crippen LogP contribution is 2.42. The van der Waals surface area contributed by atoms with Crippen molar-refractivity contribution in [2.45, 2.75) is 113 Å². The smallest absolute Gasteiger partial charge is 0.493 e. The Morgan fingerprint density at radius 3 is 1.76 bits per heavy atom. The maximum absolute atomic E-state index is 14.0. The minimum absolute atomic E-state index is 0.0145. The second-order valence-electron chi connectivity index (χ2n) is 30.8. The Hall–Kier alpha value is -11.8. The van der Waals surface area contributed by atoms with Gasteiger partial charge < -0.3 is 96.3 Å². The van der Waals surface area contributed by atoms with E-state index in [1.165, 1.54) is 61.4 Å². The molecule has 0 spiro atoms. The van der Waals surface area contributed by atoms with Gasteiger partial charge in [0.25, 0.3) is 23.6 Å². The number of benzene rings is 7. The SMILES string of the molecule is C=C1C[C@H]2C=Nc3cc(OCc4cc(COc5cc6c(cc5OC)C(=O)N5CC(=C)C[C@H]5C=N6)cc(C[N+](C)(C)Cc5ccc(OS(=O)(=O)Oc6cc(C(=O)NCCOCCn7cc(COCCOCCNC(=O)c8cccc(C(=O)CCS(=O)(=O)c9ccc(C)cc9)c8)nn7)ccc6OC6O[C@H](CO)[C@H](O)[C@H](O)[C@H]6O)cc5)c4)c(OC)cc3C(=O)N2C1. The molecule has 1 aromatic heterocycles. The number of methoxy groups -OCH3 is 2. The van der Waals surface area contributed by atoms with Crippen molar-refractivity contribution in [3.8, 4) is 40.2 Å². The number of hydrogen-bond acceptors (Lipinski definition) is 28.